The molecule has 3 nitrogen and oxygen atoms in total. The Balaban J connectivity index is 2.06. The fourth-order valence-corrected chi connectivity index (χ4v) is 2.17. The molecule has 0 aliphatic heterocycles. The first-order valence-electron chi connectivity index (χ1n) is 6.58. The third-order valence-electron chi connectivity index (χ3n) is 2.92. The van der Waals surface area contributed by atoms with Crippen molar-refractivity contribution in [1.82, 2.24) is 0 Å². The number of benzene rings is 2. The van der Waals surface area contributed by atoms with E-state index in [4.69, 9.17) is 16.3 Å². The number of anilines is 1. The van der Waals surface area contributed by atoms with Gasteiger partial charge in [-0.3, -0.25) is 0 Å². The Morgan fingerprint density at radius 2 is 2.05 bits per heavy atom. The van der Waals surface area contributed by atoms with Gasteiger partial charge in [0.25, 0.3) is 0 Å². The second kappa shape index (κ2) is 7.17. The molecule has 0 atom stereocenters. The van der Waals surface area contributed by atoms with Gasteiger partial charge in [0.05, 0.1) is 13.2 Å². The van der Waals surface area contributed by atoms with Crippen molar-refractivity contribution in [2.45, 2.75) is 20.1 Å². The van der Waals surface area contributed by atoms with Crippen molar-refractivity contribution >= 4 is 17.3 Å². The van der Waals surface area contributed by atoms with Crippen LogP contribution in [-0.2, 0) is 13.2 Å². The van der Waals surface area contributed by atoms with Crippen molar-refractivity contribution in [2.75, 3.05) is 11.9 Å². The minimum absolute atomic E-state index is 0.0397. The molecule has 2 aromatic carbocycles. The van der Waals surface area contributed by atoms with Crippen molar-refractivity contribution in [3.8, 4) is 5.75 Å². The minimum atomic E-state index is -0.0397. The summed E-state index contributed by atoms with van der Waals surface area (Å²) in [6.07, 6.45) is 0. The summed E-state index contributed by atoms with van der Waals surface area (Å²) in [5.74, 6) is 0.725. The Morgan fingerprint density at radius 1 is 1.20 bits per heavy atom. The van der Waals surface area contributed by atoms with Crippen molar-refractivity contribution in [1.29, 1.82) is 0 Å². The average molecular weight is 292 g/mol. The molecule has 106 valence electrons. The molecule has 0 fully saturated rings. The molecule has 20 heavy (non-hydrogen) atoms. The number of aliphatic hydroxyl groups is 1. The molecule has 0 amide bonds. The molecule has 0 saturated heterocycles. The molecular weight excluding hydrogens is 274 g/mol. The van der Waals surface area contributed by atoms with Gasteiger partial charge >= 0.3 is 0 Å². The molecule has 0 unspecified atom stereocenters. The zero-order chi connectivity index (χ0) is 14.4. The summed E-state index contributed by atoms with van der Waals surface area (Å²) in [6.45, 7) is 3.15. The molecule has 0 bridgehead atoms. The minimum Gasteiger partial charge on any atom is -0.494 e. The highest BCUT2D eigenvalue weighted by atomic mass is 35.5. The number of nitrogens with one attached hydrogen (secondary N) is 1. The predicted octanol–water partition coefficient (Wildman–Crippen LogP) is 3.84. The van der Waals surface area contributed by atoms with Gasteiger partial charge in [-0.1, -0.05) is 23.7 Å². The van der Waals surface area contributed by atoms with Crippen LogP contribution in [0.3, 0.4) is 0 Å². The van der Waals surface area contributed by atoms with Crippen LogP contribution in [-0.4, -0.2) is 11.7 Å². The second-order valence-electron chi connectivity index (χ2n) is 4.40. The van der Waals surface area contributed by atoms with E-state index in [0.29, 0.717) is 13.2 Å². The first-order valence-corrected chi connectivity index (χ1v) is 6.95. The van der Waals surface area contributed by atoms with Crippen LogP contribution in [0.15, 0.2) is 42.5 Å². The summed E-state index contributed by atoms with van der Waals surface area (Å²) >= 11 is 5.95. The van der Waals surface area contributed by atoms with Crippen LogP contribution in [0, 0.1) is 0 Å². The Kier molecular flexibility index (Phi) is 5.27. The quantitative estimate of drug-likeness (QED) is 0.849. The maximum atomic E-state index is 9.37. The maximum absolute atomic E-state index is 9.37. The van der Waals surface area contributed by atoms with Gasteiger partial charge in [0, 0.05) is 22.8 Å². The molecule has 0 aliphatic carbocycles. The van der Waals surface area contributed by atoms with Crippen LogP contribution >= 0.6 is 11.6 Å². The lowest BCUT2D eigenvalue weighted by molar-refractivity contribution is 0.267. The van der Waals surface area contributed by atoms with E-state index in [1.165, 1.54) is 0 Å². The van der Waals surface area contributed by atoms with E-state index in [-0.39, 0.29) is 6.61 Å². The third kappa shape index (κ3) is 3.89. The highest BCUT2D eigenvalue weighted by Gasteiger charge is 2.04. The molecule has 2 aromatic rings. The van der Waals surface area contributed by atoms with Gasteiger partial charge in [0.2, 0.25) is 0 Å². The predicted molar refractivity (Wildman–Crippen MR) is 82.3 cm³/mol. The first kappa shape index (κ1) is 14.7. The molecular formula is C16H18ClNO2. The Morgan fingerprint density at radius 3 is 2.75 bits per heavy atom. The monoisotopic (exact) mass is 291 g/mol. The van der Waals surface area contributed by atoms with Gasteiger partial charge in [0.15, 0.2) is 0 Å². The Bertz CT molecular complexity index is 572. The fraction of sp³-hybridized carbons (Fsp3) is 0.250. The lowest BCUT2D eigenvalue weighted by Gasteiger charge is -2.12. The van der Waals surface area contributed by atoms with E-state index in [9.17, 15) is 5.11 Å². The highest BCUT2D eigenvalue weighted by molar-refractivity contribution is 6.30. The van der Waals surface area contributed by atoms with Crippen molar-refractivity contribution in [2.24, 2.45) is 0 Å². The number of halogens is 1. The van der Waals surface area contributed by atoms with Gasteiger partial charge in [-0.2, -0.15) is 0 Å². The van der Waals surface area contributed by atoms with Crippen molar-refractivity contribution < 1.29 is 9.84 Å². The summed E-state index contributed by atoms with van der Waals surface area (Å²) in [6, 6.07) is 13.4. The zero-order valence-corrected chi connectivity index (χ0v) is 12.2. The molecule has 2 rings (SSSR count). The maximum Gasteiger partial charge on any atom is 0.124 e. The topological polar surface area (TPSA) is 41.5 Å². The van der Waals surface area contributed by atoms with Crippen LogP contribution in [0.5, 0.6) is 5.75 Å². The van der Waals surface area contributed by atoms with Crippen molar-refractivity contribution in [3.05, 3.63) is 58.6 Å². The summed E-state index contributed by atoms with van der Waals surface area (Å²) in [5.41, 5.74) is 2.83. The van der Waals surface area contributed by atoms with E-state index >= 15 is 0 Å². The molecule has 0 saturated carbocycles. The van der Waals surface area contributed by atoms with Gasteiger partial charge < -0.3 is 15.2 Å². The van der Waals surface area contributed by atoms with Crippen LogP contribution in [0.1, 0.15) is 18.1 Å². The van der Waals surface area contributed by atoms with Gasteiger partial charge in [-0.25, -0.2) is 0 Å². The van der Waals surface area contributed by atoms with E-state index in [2.05, 4.69) is 5.32 Å². The van der Waals surface area contributed by atoms with Gasteiger partial charge in [0.1, 0.15) is 5.75 Å². The number of rotatable bonds is 6. The van der Waals surface area contributed by atoms with E-state index < -0.39 is 0 Å². The fourth-order valence-electron chi connectivity index (χ4n) is 1.96. The lowest BCUT2D eigenvalue weighted by Crippen LogP contribution is -2.02. The van der Waals surface area contributed by atoms with E-state index in [1.807, 2.05) is 49.4 Å². The largest absolute Gasteiger partial charge is 0.494 e. The molecule has 0 heterocycles. The van der Waals surface area contributed by atoms with Crippen LogP contribution in [0.2, 0.25) is 5.02 Å². The SMILES string of the molecule is CCOc1ccc(NCc2cccc(Cl)c2)cc1CO. The Labute approximate surface area is 124 Å². The van der Waals surface area contributed by atoms with E-state index in [1.54, 1.807) is 0 Å². The number of hydrogen-bond donors (Lipinski definition) is 2. The highest BCUT2D eigenvalue weighted by Crippen LogP contribution is 2.23. The second-order valence-corrected chi connectivity index (χ2v) is 4.83. The number of hydrogen-bond acceptors (Lipinski definition) is 3. The molecule has 0 aromatic heterocycles. The van der Waals surface area contributed by atoms with Crippen LogP contribution < -0.4 is 10.1 Å². The molecule has 2 N–H and O–H groups in total. The van der Waals surface area contributed by atoms with Crippen LogP contribution in [0.25, 0.3) is 0 Å². The number of aliphatic hydroxyl groups excluding tert-OH is 1. The molecule has 0 spiro atoms. The zero-order valence-electron chi connectivity index (χ0n) is 11.4. The van der Waals surface area contributed by atoms with Gasteiger partial charge in [-0.15, -0.1) is 0 Å². The normalized spacial score (nSPS) is 10.3. The lowest BCUT2D eigenvalue weighted by atomic mass is 10.1. The van der Waals surface area contributed by atoms with Crippen LogP contribution in [0.4, 0.5) is 5.69 Å². The average Bonchev–Trinajstić information content (AvgIpc) is 2.46. The first-order chi connectivity index (χ1) is 9.72. The summed E-state index contributed by atoms with van der Waals surface area (Å²) in [4.78, 5) is 0. The molecule has 4 heteroatoms. The summed E-state index contributed by atoms with van der Waals surface area (Å²) < 4.78 is 5.46. The number of ether oxygens (including phenoxy) is 1. The van der Waals surface area contributed by atoms with Crippen molar-refractivity contribution in [3.63, 3.8) is 0 Å². The molecule has 0 aliphatic rings. The van der Waals surface area contributed by atoms with Gasteiger partial charge in [-0.05, 0) is 42.8 Å². The summed E-state index contributed by atoms with van der Waals surface area (Å²) in [5, 5.41) is 13.4. The smallest absolute Gasteiger partial charge is 0.124 e. The third-order valence-corrected chi connectivity index (χ3v) is 3.15. The Hall–Kier alpha value is -1.71. The van der Waals surface area contributed by atoms with E-state index in [0.717, 1.165) is 27.6 Å². The standard InChI is InChI=1S/C16H18ClNO2/c1-2-20-16-7-6-15(9-13(16)11-19)18-10-12-4-3-5-14(17)8-12/h3-9,18-19H,2,10-11H2,1H3. The molecule has 0 radical (unpaired) electrons. The summed E-state index contributed by atoms with van der Waals surface area (Å²) in [7, 11) is 0.